The standard InChI is InChI=1S/C28H27ClN2O5S2/c1-5-36-19(32)14-30-26-23(38-27(30)35)20(15-6-8-16(9-7-15)28(2,3)4)21-22(37-26)25(34)31(24(21)33)18-12-10-17(29)11-13-18/h6-13,20-22H,5,14H2,1-4H3/t20-,21-,22+/m0/s1. The van der Waals surface area contributed by atoms with E-state index in [1.54, 1.807) is 31.2 Å². The second-order valence-corrected chi connectivity index (χ2v) is 12.9. The van der Waals surface area contributed by atoms with Crippen LogP contribution in [0.5, 0.6) is 0 Å². The van der Waals surface area contributed by atoms with Crippen LogP contribution in [-0.2, 0) is 31.1 Å². The quantitative estimate of drug-likeness (QED) is 0.309. The number of hydrogen-bond donors (Lipinski definition) is 0. The van der Waals surface area contributed by atoms with Gasteiger partial charge in [-0.2, -0.15) is 0 Å². The zero-order valence-electron chi connectivity index (χ0n) is 21.4. The molecule has 10 heteroatoms. The van der Waals surface area contributed by atoms with Crippen LogP contribution in [0.2, 0.25) is 5.02 Å². The highest BCUT2D eigenvalue weighted by Gasteiger charge is 2.56. The Kier molecular flexibility index (Phi) is 7.04. The molecule has 0 radical (unpaired) electrons. The molecule has 0 bridgehead atoms. The van der Waals surface area contributed by atoms with Gasteiger partial charge in [0, 0.05) is 15.8 Å². The van der Waals surface area contributed by atoms with E-state index in [0.29, 0.717) is 20.6 Å². The summed E-state index contributed by atoms with van der Waals surface area (Å²) in [5.41, 5.74) is 2.37. The molecule has 2 aliphatic rings. The first kappa shape index (κ1) is 26.7. The van der Waals surface area contributed by atoms with Crippen LogP contribution >= 0.6 is 34.7 Å². The van der Waals surface area contributed by atoms with Crippen molar-refractivity contribution >= 4 is 58.2 Å². The van der Waals surface area contributed by atoms with E-state index in [1.807, 2.05) is 24.3 Å². The van der Waals surface area contributed by atoms with Crippen molar-refractivity contribution in [3.63, 3.8) is 0 Å². The number of carbonyl (C=O) groups is 3. The fourth-order valence-corrected chi connectivity index (χ4v) is 7.88. The zero-order chi connectivity index (χ0) is 27.4. The third-order valence-corrected chi connectivity index (χ3v) is 9.72. The van der Waals surface area contributed by atoms with E-state index in [9.17, 15) is 19.2 Å². The van der Waals surface area contributed by atoms with Gasteiger partial charge in [0.1, 0.15) is 11.8 Å². The zero-order valence-corrected chi connectivity index (χ0v) is 23.8. The molecule has 1 saturated heterocycles. The van der Waals surface area contributed by atoms with Gasteiger partial charge >= 0.3 is 10.8 Å². The van der Waals surface area contributed by atoms with Crippen LogP contribution in [-0.4, -0.2) is 34.2 Å². The molecule has 0 N–H and O–H groups in total. The molecule has 38 heavy (non-hydrogen) atoms. The summed E-state index contributed by atoms with van der Waals surface area (Å²) in [5.74, 6) is -2.41. The molecule has 0 spiro atoms. The molecule has 2 aromatic carbocycles. The van der Waals surface area contributed by atoms with Crippen molar-refractivity contribution in [2.45, 2.75) is 55.8 Å². The van der Waals surface area contributed by atoms with Crippen LogP contribution in [0, 0.1) is 5.92 Å². The number of esters is 1. The number of ether oxygens (including phenoxy) is 1. The summed E-state index contributed by atoms with van der Waals surface area (Å²) in [6.45, 7) is 8.02. The molecule has 3 heterocycles. The molecular weight excluding hydrogens is 544 g/mol. The van der Waals surface area contributed by atoms with Crippen molar-refractivity contribution in [1.82, 2.24) is 4.57 Å². The Labute approximate surface area is 233 Å². The summed E-state index contributed by atoms with van der Waals surface area (Å²) in [6, 6.07) is 14.6. The van der Waals surface area contributed by atoms with Gasteiger partial charge in [-0.05, 0) is 47.7 Å². The average molecular weight is 571 g/mol. The maximum atomic E-state index is 13.9. The molecular formula is C28H27ClN2O5S2. The predicted molar refractivity (Wildman–Crippen MR) is 149 cm³/mol. The Morgan fingerprint density at radius 1 is 1.00 bits per heavy atom. The first-order valence-electron chi connectivity index (χ1n) is 12.3. The van der Waals surface area contributed by atoms with Crippen molar-refractivity contribution in [3.8, 4) is 0 Å². The second kappa shape index (κ2) is 10.0. The minimum atomic E-state index is -0.750. The lowest BCUT2D eigenvalue weighted by molar-refractivity contribution is -0.144. The van der Waals surface area contributed by atoms with Crippen molar-refractivity contribution in [3.05, 3.63) is 79.2 Å². The minimum absolute atomic E-state index is 0.0626. The summed E-state index contributed by atoms with van der Waals surface area (Å²) in [4.78, 5) is 54.6. The fourth-order valence-electron chi connectivity index (χ4n) is 4.99. The number of thiazole rings is 1. The number of nitrogens with zero attached hydrogens (tertiary/aromatic N) is 2. The number of thioether (sulfide) groups is 1. The number of anilines is 1. The summed E-state index contributed by atoms with van der Waals surface area (Å²) in [5, 5.41) is 0.292. The number of fused-ring (bicyclic) bond motifs is 2. The third kappa shape index (κ3) is 4.61. The topological polar surface area (TPSA) is 85.7 Å². The number of amides is 2. The van der Waals surface area contributed by atoms with Crippen LogP contribution in [0.25, 0.3) is 0 Å². The van der Waals surface area contributed by atoms with E-state index in [2.05, 4.69) is 20.8 Å². The Morgan fingerprint density at radius 3 is 2.26 bits per heavy atom. The molecule has 0 saturated carbocycles. The van der Waals surface area contributed by atoms with Crippen molar-refractivity contribution < 1.29 is 19.1 Å². The van der Waals surface area contributed by atoms with Crippen molar-refractivity contribution in [2.24, 2.45) is 5.92 Å². The molecule has 5 rings (SSSR count). The predicted octanol–water partition coefficient (Wildman–Crippen LogP) is 5.22. The number of carbonyl (C=O) groups excluding carboxylic acids is 3. The smallest absolute Gasteiger partial charge is 0.326 e. The number of aromatic nitrogens is 1. The highest BCUT2D eigenvalue weighted by Crippen LogP contribution is 2.54. The SMILES string of the molecule is CCOC(=O)Cn1c2c(sc1=O)[C@@H](c1ccc(C(C)(C)C)cc1)[C@@H]1C(=O)N(c3ccc(Cl)cc3)C(=O)[C@@H]1S2. The van der Waals surface area contributed by atoms with E-state index in [1.165, 1.54) is 21.2 Å². The lowest BCUT2D eigenvalue weighted by atomic mass is 9.81. The minimum Gasteiger partial charge on any atom is -0.465 e. The van der Waals surface area contributed by atoms with Gasteiger partial charge in [0.15, 0.2) is 0 Å². The Hall–Kier alpha value is -2.88. The molecule has 0 unspecified atom stereocenters. The van der Waals surface area contributed by atoms with Crippen LogP contribution in [0.4, 0.5) is 5.69 Å². The number of halogens is 1. The maximum absolute atomic E-state index is 13.9. The maximum Gasteiger partial charge on any atom is 0.326 e. The largest absolute Gasteiger partial charge is 0.465 e. The lowest BCUT2D eigenvalue weighted by Gasteiger charge is -2.31. The van der Waals surface area contributed by atoms with Crippen LogP contribution in [0.15, 0.2) is 58.4 Å². The highest BCUT2D eigenvalue weighted by molar-refractivity contribution is 8.00. The van der Waals surface area contributed by atoms with E-state index < -0.39 is 23.1 Å². The van der Waals surface area contributed by atoms with E-state index >= 15 is 0 Å². The summed E-state index contributed by atoms with van der Waals surface area (Å²) in [7, 11) is 0. The van der Waals surface area contributed by atoms with Gasteiger partial charge in [0.05, 0.1) is 23.2 Å². The number of rotatable bonds is 5. The summed E-state index contributed by atoms with van der Waals surface area (Å²) >= 11 is 8.24. The molecule has 7 nitrogen and oxygen atoms in total. The van der Waals surface area contributed by atoms with Crippen LogP contribution in [0.1, 0.15) is 49.6 Å². The van der Waals surface area contributed by atoms with Gasteiger partial charge in [0.25, 0.3) is 0 Å². The molecule has 1 fully saturated rings. The Balaban J connectivity index is 1.64. The van der Waals surface area contributed by atoms with Crippen molar-refractivity contribution in [2.75, 3.05) is 11.5 Å². The van der Waals surface area contributed by atoms with Gasteiger partial charge < -0.3 is 4.74 Å². The Morgan fingerprint density at radius 2 is 1.66 bits per heavy atom. The van der Waals surface area contributed by atoms with E-state index in [4.69, 9.17) is 16.3 Å². The molecule has 1 aromatic heterocycles. The van der Waals surface area contributed by atoms with Crippen LogP contribution < -0.4 is 9.77 Å². The molecule has 2 aliphatic heterocycles. The van der Waals surface area contributed by atoms with Gasteiger partial charge in [-0.3, -0.25) is 23.7 Å². The first-order chi connectivity index (χ1) is 18.0. The van der Waals surface area contributed by atoms with E-state index in [0.717, 1.165) is 22.5 Å². The second-order valence-electron chi connectivity index (χ2n) is 10.3. The van der Waals surface area contributed by atoms with Gasteiger partial charge in [-0.15, -0.1) is 0 Å². The Bertz CT molecular complexity index is 1470. The molecule has 3 aromatic rings. The van der Waals surface area contributed by atoms with Gasteiger partial charge in [0.2, 0.25) is 11.8 Å². The monoisotopic (exact) mass is 570 g/mol. The van der Waals surface area contributed by atoms with Crippen molar-refractivity contribution in [1.29, 1.82) is 0 Å². The average Bonchev–Trinajstić information content (AvgIpc) is 3.30. The summed E-state index contributed by atoms with van der Waals surface area (Å²) in [6.07, 6.45) is 0. The molecule has 198 valence electrons. The van der Waals surface area contributed by atoms with Gasteiger partial charge in [-0.25, -0.2) is 4.90 Å². The van der Waals surface area contributed by atoms with Crippen LogP contribution in [0.3, 0.4) is 0 Å². The summed E-state index contributed by atoms with van der Waals surface area (Å²) < 4.78 is 6.46. The molecule has 0 aliphatic carbocycles. The number of hydrogen-bond acceptors (Lipinski definition) is 7. The van der Waals surface area contributed by atoms with Gasteiger partial charge in [-0.1, -0.05) is 79.7 Å². The van der Waals surface area contributed by atoms with E-state index in [-0.39, 0.29) is 35.3 Å². The highest BCUT2D eigenvalue weighted by atomic mass is 35.5. The molecule has 2 amide bonds. The number of imide groups is 1. The lowest BCUT2D eigenvalue weighted by Crippen LogP contribution is -2.32. The third-order valence-electron chi connectivity index (χ3n) is 6.86. The molecule has 3 atom stereocenters. The number of benzene rings is 2. The first-order valence-corrected chi connectivity index (χ1v) is 14.4. The normalized spacial score (nSPS) is 20.9. The fraction of sp³-hybridized carbons (Fsp3) is 0.357.